The summed E-state index contributed by atoms with van der Waals surface area (Å²) >= 11 is 0. The molecule has 0 saturated heterocycles. The van der Waals surface area contributed by atoms with Crippen LogP contribution in [0.3, 0.4) is 0 Å². The summed E-state index contributed by atoms with van der Waals surface area (Å²) in [5.41, 5.74) is 2.54. The summed E-state index contributed by atoms with van der Waals surface area (Å²) in [6, 6.07) is 14.4. The molecule has 2 aromatic rings. The van der Waals surface area contributed by atoms with E-state index in [2.05, 4.69) is 10.6 Å². The summed E-state index contributed by atoms with van der Waals surface area (Å²) < 4.78 is 0. The van der Waals surface area contributed by atoms with E-state index in [9.17, 15) is 9.59 Å². The summed E-state index contributed by atoms with van der Waals surface area (Å²) in [6.07, 6.45) is 0. The third-order valence-corrected chi connectivity index (χ3v) is 3.12. The van der Waals surface area contributed by atoms with Crippen molar-refractivity contribution < 1.29 is 9.59 Å². The van der Waals surface area contributed by atoms with Gasteiger partial charge in [0, 0.05) is 11.6 Å². The lowest BCUT2D eigenvalue weighted by atomic mass is 10.1. The van der Waals surface area contributed by atoms with Gasteiger partial charge in [-0.3, -0.25) is 9.59 Å². The highest BCUT2D eigenvalue weighted by Gasteiger charge is 2.14. The molecule has 2 amide bonds. The Morgan fingerprint density at radius 1 is 0.955 bits per heavy atom. The maximum atomic E-state index is 12.3. The molecule has 0 aliphatic rings. The van der Waals surface area contributed by atoms with Crippen LogP contribution in [-0.4, -0.2) is 17.9 Å². The minimum Gasteiger partial charge on any atom is -0.350 e. The fraction of sp³-hybridized carbons (Fsp3) is 0.222. The fourth-order valence-electron chi connectivity index (χ4n) is 2.11. The molecule has 0 radical (unpaired) electrons. The van der Waals surface area contributed by atoms with Crippen molar-refractivity contribution in [1.29, 1.82) is 0 Å². The van der Waals surface area contributed by atoms with E-state index in [1.807, 2.05) is 39.0 Å². The average molecular weight is 296 g/mol. The number of amides is 2. The summed E-state index contributed by atoms with van der Waals surface area (Å²) in [7, 11) is 0. The van der Waals surface area contributed by atoms with Gasteiger partial charge in [-0.2, -0.15) is 0 Å². The molecule has 0 aromatic heterocycles. The smallest absolute Gasteiger partial charge is 0.255 e. The molecular weight excluding hydrogens is 276 g/mol. The van der Waals surface area contributed by atoms with Gasteiger partial charge in [0.2, 0.25) is 0 Å². The predicted molar refractivity (Wildman–Crippen MR) is 88.2 cm³/mol. The molecule has 4 nitrogen and oxygen atoms in total. The van der Waals surface area contributed by atoms with Gasteiger partial charge in [-0.25, -0.2) is 0 Å². The van der Waals surface area contributed by atoms with Gasteiger partial charge >= 0.3 is 0 Å². The van der Waals surface area contributed by atoms with Crippen LogP contribution in [0.1, 0.15) is 40.1 Å². The van der Waals surface area contributed by atoms with Gasteiger partial charge in [0.1, 0.15) is 0 Å². The molecule has 4 heteroatoms. The standard InChI is InChI=1S/C18H20N2O2/c1-12(2)19-18(22)15-9-4-5-10-16(15)20-17(21)14-8-6-7-13(3)11-14/h4-12H,1-3H3,(H,19,22)(H,20,21). The number of rotatable bonds is 4. The Bertz CT molecular complexity index is 693. The van der Waals surface area contributed by atoms with E-state index in [0.29, 0.717) is 16.8 Å². The number of benzene rings is 2. The number of aryl methyl sites for hydroxylation is 1. The third-order valence-electron chi connectivity index (χ3n) is 3.12. The van der Waals surface area contributed by atoms with Crippen LogP contribution in [0.2, 0.25) is 0 Å². The molecule has 0 aliphatic carbocycles. The molecule has 2 N–H and O–H groups in total. The van der Waals surface area contributed by atoms with E-state index < -0.39 is 0 Å². The Hall–Kier alpha value is -2.62. The molecule has 0 saturated carbocycles. The maximum Gasteiger partial charge on any atom is 0.255 e. The molecule has 0 spiro atoms. The molecule has 0 fully saturated rings. The van der Waals surface area contributed by atoms with Gasteiger partial charge < -0.3 is 10.6 Å². The Morgan fingerprint density at radius 2 is 1.68 bits per heavy atom. The molecule has 0 aliphatic heterocycles. The van der Waals surface area contributed by atoms with Gasteiger partial charge in [-0.1, -0.05) is 29.8 Å². The largest absolute Gasteiger partial charge is 0.350 e. The first kappa shape index (κ1) is 15.8. The van der Waals surface area contributed by atoms with E-state index in [1.165, 1.54) is 0 Å². The van der Waals surface area contributed by atoms with Crippen molar-refractivity contribution in [3.8, 4) is 0 Å². The van der Waals surface area contributed by atoms with E-state index in [1.54, 1.807) is 30.3 Å². The van der Waals surface area contributed by atoms with Crippen molar-refractivity contribution in [2.45, 2.75) is 26.8 Å². The van der Waals surface area contributed by atoms with Crippen LogP contribution in [-0.2, 0) is 0 Å². The quantitative estimate of drug-likeness (QED) is 0.908. The monoisotopic (exact) mass is 296 g/mol. The molecular formula is C18H20N2O2. The summed E-state index contributed by atoms with van der Waals surface area (Å²) in [5, 5.41) is 5.64. The number of hydrogen-bond donors (Lipinski definition) is 2. The highest BCUT2D eigenvalue weighted by molar-refractivity contribution is 6.09. The molecule has 22 heavy (non-hydrogen) atoms. The SMILES string of the molecule is Cc1cccc(C(=O)Nc2ccccc2C(=O)NC(C)C)c1. The van der Waals surface area contributed by atoms with Gasteiger partial charge in [-0.15, -0.1) is 0 Å². The molecule has 114 valence electrons. The minimum absolute atomic E-state index is 0.0352. The normalized spacial score (nSPS) is 10.4. The predicted octanol–water partition coefficient (Wildman–Crippen LogP) is 3.39. The lowest BCUT2D eigenvalue weighted by Gasteiger charge is -2.13. The van der Waals surface area contributed by atoms with Crippen LogP contribution in [0, 0.1) is 6.92 Å². The van der Waals surface area contributed by atoms with Crippen LogP contribution < -0.4 is 10.6 Å². The van der Waals surface area contributed by atoms with Crippen LogP contribution in [0.25, 0.3) is 0 Å². The lowest BCUT2D eigenvalue weighted by Crippen LogP contribution is -2.31. The van der Waals surface area contributed by atoms with Crippen molar-refractivity contribution in [3.05, 3.63) is 65.2 Å². The van der Waals surface area contributed by atoms with Crippen molar-refractivity contribution >= 4 is 17.5 Å². The topological polar surface area (TPSA) is 58.2 Å². The van der Waals surface area contributed by atoms with Crippen molar-refractivity contribution in [2.75, 3.05) is 5.32 Å². The number of carbonyl (C=O) groups excluding carboxylic acids is 2. The average Bonchev–Trinajstić information content (AvgIpc) is 2.47. The van der Waals surface area contributed by atoms with Gasteiger partial charge in [0.05, 0.1) is 11.3 Å². The maximum absolute atomic E-state index is 12.3. The van der Waals surface area contributed by atoms with E-state index in [4.69, 9.17) is 0 Å². The first-order valence-electron chi connectivity index (χ1n) is 7.25. The highest BCUT2D eigenvalue weighted by Crippen LogP contribution is 2.17. The molecule has 0 bridgehead atoms. The van der Waals surface area contributed by atoms with E-state index >= 15 is 0 Å². The highest BCUT2D eigenvalue weighted by atomic mass is 16.2. The van der Waals surface area contributed by atoms with E-state index in [-0.39, 0.29) is 17.9 Å². The zero-order valence-electron chi connectivity index (χ0n) is 13.0. The molecule has 2 rings (SSSR count). The van der Waals surface area contributed by atoms with Gasteiger partial charge in [0.15, 0.2) is 0 Å². The number of carbonyl (C=O) groups is 2. The molecule has 2 aromatic carbocycles. The second-order valence-electron chi connectivity index (χ2n) is 5.50. The minimum atomic E-state index is -0.228. The number of nitrogens with one attached hydrogen (secondary N) is 2. The van der Waals surface area contributed by atoms with Crippen molar-refractivity contribution in [3.63, 3.8) is 0 Å². The van der Waals surface area contributed by atoms with Crippen LogP contribution in [0.15, 0.2) is 48.5 Å². The zero-order chi connectivity index (χ0) is 16.1. The van der Waals surface area contributed by atoms with Gasteiger partial charge in [0.25, 0.3) is 11.8 Å². The summed E-state index contributed by atoms with van der Waals surface area (Å²) in [6.45, 7) is 5.72. The molecule has 0 heterocycles. The Kier molecular flexibility index (Phi) is 4.94. The first-order chi connectivity index (χ1) is 10.5. The Labute approximate surface area is 130 Å². The first-order valence-corrected chi connectivity index (χ1v) is 7.25. The van der Waals surface area contributed by atoms with Crippen LogP contribution in [0.4, 0.5) is 5.69 Å². The number of anilines is 1. The third kappa shape index (κ3) is 3.95. The number of hydrogen-bond acceptors (Lipinski definition) is 2. The van der Waals surface area contributed by atoms with Gasteiger partial charge in [-0.05, 0) is 45.0 Å². The Balaban J connectivity index is 2.23. The van der Waals surface area contributed by atoms with E-state index in [0.717, 1.165) is 5.56 Å². The fourth-order valence-corrected chi connectivity index (χ4v) is 2.11. The summed E-state index contributed by atoms with van der Waals surface area (Å²) in [5.74, 6) is -0.427. The lowest BCUT2D eigenvalue weighted by molar-refractivity contribution is 0.0944. The number of para-hydroxylation sites is 1. The van der Waals surface area contributed by atoms with Crippen LogP contribution in [0.5, 0.6) is 0 Å². The summed E-state index contributed by atoms with van der Waals surface area (Å²) in [4.78, 5) is 24.5. The second-order valence-corrected chi connectivity index (χ2v) is 5.50. The van der Waals surface area contributed by atoms with Crippen LogP contribution >= 0.6 is 0 Å². The van der Waals surface area contributed by atoms with Crippen molar-refractivity contribution in [2.24, 2.45) is 0 Å². The van der Waals surface area contributed by atoms with Crippen molar-refractivity contribution in [1.82, 2.24) is 5.32 Å². The Morgan fingerprint density at radius 3 is 2.36 bits per heavy atom. The molecule has 0 atom stereocenters. The molecule has 0 unspecified atom stereocenters. The zero-order valence-corrected chi connectivity index (χ0v) is 13.0. The second kappa shape index (κ2) is 6.89.